The Balaban J connectivity index is 1.39. The molecular formula is C26H28ClN7O2. The van der Waals surface area contributed by atoms with Gasteiger partial charge >= 0.3 is 0 Å². The summed E-state index contributed by atoms with van der Waals surface area (Å²) in [6.07, 6.45) is 6.28. The molecule has 1 aromatic carbocycles. The van der Waals surface area contributed by atoms with Crippen molar-refractivity contribution in [3.8, 4) is 17.1 Å². The van der Waals surface area contributed by atoms with Crippen LogP contribution in [-0.4, -0.2) is 63.4 Å². The van der Waals surface area contributed by atoms with E-state index in [0.29, 0.717) is 35.5 Å². The van der Waals surface area contributed by atoms with Gasteiger partial charge in [-0.25, -0.2) is 15.0 Å². The van der Waals surface area contributed by atoms with E-state index in [1.54, 1.807) is 26.4 Å². The fourth-order valence-corrected chi connectivity index (χ4v) is 4.59. The molecule has 9 nitrogen and oxygen atoms in total. The number of anilines is 3. The lowest BCUT2D eigenvalue weighted by Crippen LogP contribution is -2.48. The van der Waals surface area contributed by atoms with E-state index in [1.165, 1.54) is 5.56 Å². The van der Waals surface area contributed by atoms with E-state index < -0.39 is 0 Å². The van der Waals surface area contributed by atoms with Crippen molar-refractivity contribution in [3.05, 3.63) is 59.5 Å². The number of nitrogens with one attached hydrogen (secondary N) is 1. The fourth-order valence-electron chi connectivity index (χ4n) is 4.40. The highest BCUT2D eigenvalue weighted by Gasteiger charge is 2.20. The monoisotopic (exact) mass is 505 g/mol. The first-order chi connectivity index (χ1) is 17.5. The highest BCUT2D eigenvalue weighted by molar-refractivity contribution is 6.32. The first kappa shape index (κ1) is 23.9. The molecule has 1 aliphatic rings. The van der Waals surface area contributed by atoms with Crippen LogP contribution in [0.25, 0.3) is 17.0 Å². The summed E-state index contributed by atoms with van der Waals surface area (Å²) in [5.41, 5.74) is 5.21. The Kier molecular flexibility index (Phi) is 6.65. The highest BCUT2D eigenvalue weighted by atomic mass is 35.5. The van der Waals surface area contributed by atoms with Crippen LogP contribution in [0.2, 0.25) is 5.02 Å². The molecule has 0 radical (unpaired) electrons. The van der Waals surface area contributed by atoms with Crippen molar-refractivity contribution in [1.29, 1.82) is 0 Å². The van der Waals surface area contributed by atoms with Gasteiger partial charge in [-0.1, -0.05) is 18.5 Å². The lowest BCUT2D eigenvalue weighted by atomic mass is 10.2. The van der Waals surface area contributed by atoms with Gasteiger partial charge in [0.1, 0.15) is 17.1 Å². The minimum atomic E-state index is 0.115. The second kappa shape index (κ2) is 10.0. The fraction of sp³-hybridized carbons (Fsp3) is 0.308. The van der Waals surface area contributed by atoms with Crippen LogP contribution in [0, 0.1) is 0 Å². The van der Waals surface area contributed by atoms with Gasteiger partial charge in [-0.05, 0) is 36.2 Å². The standard InChI is InChI=1S/C26H28ClN7O2/c1-4-18-7-8-34-22(16-28-24(34)13-18)25-20(27)15-29-26(31-25)30-21-6-5-19(14-23(21)36-3)33-11-9-32(10-12-33)17(2)35/h5-8,13-16H,4,9-12H2,1-3H3,(H,29,30,31). The lowest BCUT2D eigenvalue weighted by molar-refractivity contribution is -0.129. The van der Waals surface area contributed by atoms with Crippen LogP contribution in [0.4, 0.5) is 17.3 Å². The van der Waals surface area contributed by atoms with Crippen LogP contribution in [0.1, 0.15) is 19.4 Å². The number of pyridine rings is 1. The Morgan fingerprint density at radius 1 is 1.11 bits per heavy atom. The van der Waals surface area contributed by atoms with E-state index in [4.69, 9.17) is 21.3 Å². The highest BCUT2D eigenvalue weighted by Crippen LogP contribution is 2.33. The van der Waals surface area contributed by atoms with Crippen molar-refractivity contribution in [2.45, 2.75) is 20.3 Å². The van der Waals surface area contributed by atoms with Crippen LogP contribution >= 0.6 is 11.6 Å². The molecule has 0 aliphatic carbocycles. The summed E-state index contributed by atoms with van der Waals surface area (Å²) in [6, 6.07) is 10.1. The van der Waals surface area contributed by atoms with E-state index in [2.05, 4.69) is 39.2 Å². The van der Waals surface area contributed by atoms with Crippen LogP contribution in [0.5, 0.6) is 5.75 Å². The molecule has 4 heterocycles. The van der Waals surface area contributed by atoms with Crippen LogP contribution in [0.15, 0.2) is 48.9 Å². The van der Waals surface area contributed by atoms with Gasteiger partial charge in [-0.15, -0.1) is 0 Å². The maximum atomic E-state index is 11.6. The zero-order chi connectivity index (χ0) is 25.2. The molecule has 4 aromatic rings. The second-order valence-electron chi connectivity index (χ2n) is 8.65. The van der Waals surface area contributed by atoms with E-state index >= 15 is 0 Å². The molecule has 10 heteroatoms. The van der Waals surface area contributed by atoms with Crippen LogP contribution in [-0.2, 0) is 11.2 Å². The van der Waals surface area contributed by atoms with E-state index in [-0.39, 0.29) is 5.91 Å². The number of carbonyl (C=O) groups is 1. The third-order valence-corrected chi connectivity index (χ3v) is 6.77. The maximum absolute atomic E-state index is 11.6. The third kappa shape index (κ3) is 4.66. The number of piperazine rings is 1. The van der Waals surface area contributed by atoms with Crippen molar-refractivity contribution in [2.75, 3.05) is 43.5 Å². The molecular weight excluding hydrogens is 478 g/mol. The lowest BCUT2D eigenvalue weighted by Gasteiger charge is -2.35. The summed E-state index contributed by atoms with van der Waals surface area (Å²) in [6.45, 7) is 6.70. The molecule has 36 heavy (non-hydrogen) atoms. The molecule has 0 saturated carbocycles. The first-order valence-electron chi connectivity index (χ1n) is 11.9. The van der Waals surface area contributed by atoms with Gasteiger partial charge in [0.2, 0.25) is 11.9 Å². The summed E-state index contributed by atoms with van der Waals surface area (Å²) in [4.78, 5) is 29.3. The number of fused-ring (bicyclic) bond motifs is 1. The van der Waals surface area contributed by atoms with Crippen LogP contribution < -0.4 is 15.0 Å². The van der Waals surface area contributed by atoms with Gasteiger partial charge in [0, 0.05) is 51.1 Å². The summed E-state index contributed by atoms with van der Waals surface area (Å²) in [5, 5.41) is 3.70. The number of halogens is 1. The van der Waals surface area contributed by atoms with Gasteiger partial charge in [-0.3, -0.25) is 9.20 Å². The number of nitrogens with zero attached hydrogens (tertiary/aromatic N) is 6. The van der Waals surface area contributed by atoms with Crippen molar-refractivity contribution >= 4 is 40.5 Å². The third-order valence-electron chi connectivity index (χ3n) is 6.49. The molecule has 0 spiro atoms. The van der Waals surface area contributed by atoms with Crippen LogP contribution in [0.3, 0.4) is 0 Å². The van der Waals surface area contributed by atoms with Gasteiger partial charge in [-0.2, -0.15) is 0 Å². The van der Waals surface area contributed by atoms with Crippen molar-refractivity contribution in [1.82, 2.24) is 24.3 Å². The van der Waals surface area contributed by atoms with Crippen molar-refractivity contribution < 1.29 is 9.53 Å². The average molecular weight is 506 g/mol. The van der Waals surface area contributed by atoms with E-state index in [1.807, 2.05) is 33.7 Å². The van der Waals surface area contributed by atoms with Gasteiger partial charge in [0.25, 0.3) is 0 Å². The Morgan fingerprint density at radius 2 is 1.92 bits per heavy atom. The Morgan fingerprint density at radius 3 is 2.64 bits per heavy atom. The molecule has 186 valence electrons. The summed E-state index contributed by atoms with van der Waals surface area (Å²) >= 11 is 6.50. The number of amides is 1. The van der Waals surface area contributed by atoms with E-state index in [0.717, 1.165) is 42.2 Å². The number of carbonyl (C=O) groups excluding carboxylic acids is 1. The molecule has 1 N–H and O–H groups in total. The summed E-state index contributed by atoms with van der Waals surface area (Å²) in [5.74, 6) is 1.18. The number of benzene rings is 1. The number of hydrogen-bond donors (Lipinski definition) is 1. The zero-order valence-electron chi connectivity index (χ0n) is 20.5. The topological polar surface area (TPSA) is 87.9 Å². The summed E-state index contributed by atoms with van der Waals surface area (Å²) in [7, 11) is 1.63. The number of hydrogen-bond acceptors (Lipinski definition) is 7. The van der Waals surface area contributed by atoms with Gasteiger partial charge < -0.3 is 19.9 Å². The Labute approximate surface area is 214 Å². The number of aryl methyl sites for hydroxylation is 1. The maximum Gasteiger partial charge on any atom is 0.227 e. The normalized spacial score (nSPS) is 13.8. The summed E-state index contributed by atoms with van der Waals surface area (Å²) < 4.78 is 7.64. The molecule has 1 aliphatic heterocycles. The predicted octanol–water partition coefficient (Wildman–Crippen LogP) is 4.43. The minimum Gasteiger partial charge on any atom is -0.494 e. The quantitative estimate of drug-likeness (QED) is 0.414. The number of aromatic nitrogens is 4. The SMILES string of the molecule is CCc1ccn2c(-c3nc(Nc4ccc(N5CCN(C(C)=O)CC5)cc4OC)ncc3Cl)cnc2c1. The van der Waals surface area contributed by atoms with Crippen molar-refractivity contribution in [2.24, 2.45) is 0 Å². The Hall–Kier alpha value is -3.85. The Bertz CT molecular complexity index is 1410. The number of ether oxygens (including phenoxy) is 1. The molecule has 0 bridgehead atoms. The molecule has 0 atom stereocenters. The molecule has 3 aromatic heterocycles. The molecule has 1 amide bonds. The molecule has 5 rings (SSSR count). The van der Waals surface area contributed by atoms with Gasteiger partial charge in [0.15, 0.2) is 0 Å². The second-order valence-corrected chi connectivity index (χ2v) is 9.06. The van der Waals surface area contributed by atoms with E-state index in [9.17, 15) is 4.79 Å². The van der Waals surface area contributed by atoms with Gasteiger partial charge in [0.05, 0.1) is 35.9 Å². The van der Waals surface area contributed by atoms with Crippen molar-refractivity contribution in [3.63, 3.8) is 0 Å². The largest absolute Gasteiger partial charge is 0.494 e. The first-order valence-corrected chi connectivity index (χ1v) is 12.3. The average Bonchev–Trinajstić information content (AvgIpc) is 3.33. The predicted molar refractivity (Wildman–Crippen MR) is 141 cm³/mol. The molecule has 0 unspecified atom stereocenters. The smallest absolute Gasteiger partial charge is 0.227 e. The molecule has 1 saturated heterocycles. The number of methoxy groups -OCH3 is 1. The minimum absolute atomic E-state index is 0.115. The number of imidazole rings is 1. The zero-order valence-corrected chi connectivity index (χ0v) is 21.3. The number of rotatable bonds is 6. The molecule has 1 fully saturated rings.